The van der Waals surface area contributed by atoms with Crippen LogP contribution in [0.15, 0.2) is 17.1 Å². The Labute approximate surface area is 157 Å². The highest BCUT2D eigenvalue weighted by molar-refractivity contribution is 14.0. The number of fused-ring (bicyclic) bond motifs is 1. The molecular formula is C15H21ClIN3O3. The average Bonchev–Trinajstić information content (AvgIpc) is 2.56. The molecule has 2 heterocycles. The zero-order valence-corrected chi connectivity index (χ0v) is 15.9. The lowest BCUT2D eigenvalue weighted by Crippen LogP contribution is -2.44. The quantitative estimate of drug-likeness (QED) is 0.430. The smallest absolute Gasteiger partial charge is 0.191 e. The van der Waals surface area contributed by atoms with Gasteiger partial charge in [-0.25, -0.2) is 0 Å². The molecule has 1 aromatic rings. The number of guanidine groups is 1. The summed E-state index contributed by atoms with van der Waals surface area (Å²) >= 11 is 6.22. The van der Waals surface area contributed by atoms with E-state index in [-0.39, 0.29) is 24.0 Å². The lowest BCUT2D eigenvalue weighted by molar-refractivity contribution is 0.0674. The van der Waals surface area contributed by atoms with Crippen LogP contribution in [0.2, 0.25) is 5.02 Å². The number of nitrogens with zero attached hydrogens (tertiary/aromatic N) is 2. The monoisotopic (exact) mass is 453 g/mol. The van der Waals surface area contributed by atoms with E-state index < -0.39 is 0 Å². The maximum absolute atomic E-state index is 6.22. The van der Waals surface area contributed by atoms with Gasteiger partial charge in [-0.2, -0.15) is 0 Å². The first-order valence-corrected chi connectivity index (χ1v) is 7.82. The standard InChI is InChI=1S/C15H20ClN3O3.HI/c16-12-9-11(10-13-14(12)22-8-7-21-13)1-2-18-15(17)19-3-5-20-6-4-19;/h9-10H,1-8H2,(H2,17,18);1H. The Kier molecular flexibility index (Phi) is 7.04. The highest BCUT2D eigenvalue weighted by Gasteiger charge is 2.16. The van der Waals surface area contributed by atoms with Crippen molar-refractivity contribution in [2.45, 2.75) is 6.42 Å². The second-order valence-electron chi connectivity index (χ2n) is 5.19. The first-order chi connectivity index (χ1) is 10.7. The number of hydrogen-bond donors (Lipinski definition) is 1. The first-order valence-electron chi connectivity index (χ1n) is 7.44. The molecule has 0 atom stereocenters. The maximum Gasteiger partial charge on any atom is 0.191 e. The Bertz CT molecular complexity index is 565. The lowest BCUT2D eigenvalue weighted by atomic mass is 10.1. The van der Waals surface area contributed by atoms with Crippen molar-refractivity contribution in [1.82, 2.24) is 4.90 Å². The number of nitrogens with two attached hydrogens (primary N) is 1. The van der Waals surface area contributed by atoms with Gasteiger partial charge in [-0.05, 0) is 24.1 Å². The molecule has 3 rings (SSSR count). The summed E-state index contributed by atoms with van der Waals surface area (Å²) in [5, 5.41) is 0.581. The normalized spacial score (nSPS) is 17.6. The summed E-state index contributed by atoms with van der Waals surface area (Å²) in [6.45, 7) is 4.69. The molecular weight excluding hydrogens is 433 g/mol. The van der Waals surface area contributed by atoms with Crippen LogP contribution in [0, 0.1) is 0 Å². The van der Waals surface area contributed by atoms with Crippen molar-refractivity contribution in [3.63, 3.8) is 0 Å². The van der Waals surface area contributed by atoms with E-state index in [1.165, 1.54) is 0 Å². The summed E-state index contributed by atoms with van der Waals surface area (Å²) < 4.78 is 16.4. The maximum atomic E-state index is 6.22. The summed E-state index contributed by atoms with van der Waals surface area (Å²) in [4.78, 5) is 6.48. The van der Waals surface area contributed by atoms with Crippen LogP contribution in [0.3, 0.4) is 0 Å². The summed E-state index contributed by atoms with van der Waals surface area (Å²) in [5.41, 5.74) is 7.07. The Morgan fingerprint density at radius 2 is 1.91 bits per heavy atom. The predicted molar refractivity (Wildman–Crippen MR) is 100 cm³/mol. The van der Waals surface area contributed by atoms with Crippen molar-refractivity contribution in [2.75, 3.05) is 46.1 Å². The van der Waals surface area contributed by atoms with E-state index >= 15 is 0 Å². The van der Waals surface area contributed by atoms with Crippen LogP contribution in [0.25, 0.3) is 0 Å². The molecule has 0 saturated carbocycles. The number of morpholine rings is 1. The van der Waals surface area contributed by atoms with E-state index in [1.807, 2.05) is 17.0 Å². The van der Waals surface area contributed by atoms with Crippen molar-refractivity contribution in [3.05, 3.63) is 22.7 Å². The molecule has 0 spiro atoms. The number of halogens is 2. The van der Waals surface area contributed by atoms with E-state index in [9.17, 15) is 0 Å². The van der Waals surface area contributed by atoms with Crippen LogP contribution >= 0.6 is 35.6 Å². The van der Waals surface area contributed by atoms with E-state index in [0.717, 1.165) is 25.1 Å². The largest absolute Gasteiger partial charge is 0.486 e. The minimum atomic E-state index is 0. The fourth-order valence-corrected chi connectivity index (χ4v) is 2.79. The molecule has 1 fully saturated rings. The summed E-state index contributed by atoms with van der Waals surface area (Å²) in [5.74, 6) is 1.92. The minimum absolute atomic E-state index is 0. The fraction of sp³-hybridized carbons (Fsp3) is 0.533. The first kappa shape index (κ1) is 18.4. The molecule has 0 aromatic heterocycles. The average molecular weight is 454 g/mol. The molecule has 23 heavy (non-hydrogen) atoms. The molecule has 2 aliphatic rings. The molecule has 1 saturated heterocycles. The van der Waals surface area contributed by atoms with Crippen molar-refractivity contribution < 1.29 is 14.2 Å². The summed E-state index contributed by atoms with van der Waals surface area (Å²) in [6, 6.07) is 3.86. The molecule has 6 nitrogen and oxygen atoms in total. The molecule has 2 aliphatic heterocycles. The molecule has 0 radical (unpaired) electrons. The van der Waals surface area contributed by atoms with Gasteiger partial charge >= 0.3 is 0 Å². The zero-order valence-electron chi connectivity index (χ0n) is 12.8. The minimum Gasteiger partial charge on any atom is -0.486 e. The number of ether oxygens (including phenoxy) is 3. The van der Waals surface area contributed by atoms with E-state index in [4.69, 9.17) is 31.5 Å². The van der Waals surface area contributed by atoms with Gasteiger partial charge in [-0.3, -0.25) is 4.99 Å². The third-order valence-electron chi connectivity index (χ3n) is 3.67. The Hall–Kier alpha value is -0.930. The van der Waals surface area contributed by atoms with Crippen LogP contribution in [0.1, 0.15) is 5.56 Å². The Morgan fingerprint density at radius 1 is 1.17 bits per heavy atom. The second-order valence-corrected chi connectivity index (χ2v) is 5.60. The highest BCUT2D eigenvalue weighted by atomic mass is 127. The van der Waals surface area contributed by atoms with Gasteiger partial charge < -0.3 is 24.8 Å². The second kappa shape index (κ2) is 8.79. The molecule has 0 bridgehead atoms. The van der Waals surface area contributed by atoms with Crippen LogP contribution in [0.5, 0.6) is 11.5 Å². The summed E-state index contributed by atoms with van der Waals surface area (Å²) in [7, 11) is 0. The molecule has 1 aromatic carbocycles. The number of benzene rings is 1. The number of hydrogen-bond acceptors (Lipinski definition) is 4. The zero-order chi connectivity index (χ0) is 15.4. The SMILES string of the molecule is I.NC(=NCCc1cc(Cl)c2c(c1)OCCO2)N1CCOCC1. The van der Waals surface area contributed by atoms with E-state index in [0.29, 0.717) is 55.5 Å². The predicted octanol–water partition coefficient (Wildman–Crippen LogP) is 1.92. The van der Waals surface area contributed by atoms with E-state index in [2.05, 4.69) is 4.99 Å². The van der Waals surface area contributed by atoms with Gasteiger partial charge in [-0.1, -0.05) is 11.6 Å². The third-order valence-corrected chi connectivity index (χ3v) is 3.95. The molecule has 128 valence electrons. The van der Waals surface area contributed by atoms with Gasteiger partial charge in [0, 0.05) is 19.6 Å². The van der Waals surface area contributed by atoms with Crippen molar-refractivity contribution in [1.29, 1.82) is 0 Å². The fourth-order valence-electron chi connectivity index (χ4n) is 2.50. The van der Waals surface area contributed by atoms with Crippen LogP contribution in [0.4, 0.5) is 0 Å². The van der Waals surface area contributed by atoms with Crippen molar-refractivity contribution >= 4 is 41.5 Å². The molecule has 8 heteroatoms. The van der Waals surface area contributed by atoms with Gasteiger partial charge in [0.05, 0.1) is 18.2 Å². The van der Waals surface area contributed by atoms with Gasteiger partial charge in [0.1, 0.15) is 13.2 Å². The highest BCUT2D eigenvalue weighted by Crippen LogP contribution is 2.38. The molecule has 0 aliphatic carbocycles. The molecule has 2 N–H and O–H groups in total. The topological polar surface area (TPSA) is 69.3 Å². The van der Waals surface area contributed by atoms with Gasteiger partial charge in [0.15, 0.2) is 17.5 Å². The van der Waals surface area contributed by atoms with Crippen LogP contribution in [-0.4, -0.2) is 56.9 Å². The van der Waals surface area contributed by atoms with Crippen molar-refractivity contribution in [3.8, 4) is 11.5 Å². The van der Waals surface area contributed by atoms with Crippen LogP contribution < -0.4 is 15.2 Å². The Morgan fingerprint density at radius 3 is 2.70 bits per heavy atom. The number of aliphatic imine (C=N–C) groups is 1. The Balaban J connectivity index is 0.00000192. The van der Waals surface area contributed by atoms with Gasteiger partial charge in [0.25, 0.3) is 0 Å². The molecule has 0 amide bonds. The van der Waals surface area contributed by atoms with E-state index in [1.54, 1.807) is 0 Å². The summed E-state index contributed by atoms with van der Waals surface area (Å²) in [6.07, 6.45) is 0.751. The van der Waals surface area contributed by atoms with Crippen LogP contribution in [-0.2, 0) is 11.2 Å². The third kappa shape index (κ3) is 4.77. The molecule has 0 unspecified atom stereocenters. The van der Waals surface area contributed by atoms with Crippen molar-refractivity contribution in [2.24, 2.45) is 10.7 Å². The van der Waals surface area contributed by atoms with Gasteiger partial charge in [0.2, 0.25) is 0 Å². The van der Waals surface area contributed by atoms with Gasteiger partial charge in [-0.15, -0.1) is 24.0 Å². The lowest BCUT2D eigenvalue weighted by Gasteiger charge is -2.27. The number of rotatable bonds is 3.